The minimum Gasteiger partial charge on any atom is -0.372 e. The van der Waals surface area contributed by atoms with Gasteiger partial charge in [0.15, 0.2) is 0 Å². The highest BCUT2D eigenvalue weighted by molar-refractivity contribution is 9.10. The molecule has 1 saturated heterocycles. The van der Waals surface area contributed by atoms with E-state index in [-0.39, 0.29) is 0 Å². The van der Waals surface area contributed by atoms with Crippen LogP contribution in [0.3, 0.4) is 0 Å². The standard InChI is InChI=1S/C11H14BrNOS/c1-8-5-10(3-4-11(8)12)15-13(2)6-9-7-14-9/h3-5,9H,6-7H2,1-2H3/t9-/m0/s1. The summed E-state index contributed by atoms with van der Waals surface area (Å²) in [5.74, 6) is 0. The molecule has 1 aliphatic rings. The molecule has 0 aromatic heterocycles. The highest BCUT2D eigenvalue weighted by Gasteiger charge is 2.24. The van der Waals surface area contributed by atoms with Crippen LogP contribution >= 0.6 is 27.9 Å². The third-order valence-corrected chi connectivity index (χ3v) is 4.07. The first-order valence-electron chi connectivity index (χ1n) is 4.92. The first-order valence-corrected chi connectivity index (χ1v) is 6.48. The molecule has 0 bridgehead atoms. The van der Waals surface area contributed by atoms with Crippen molar-refractivity contribution in [3.05, 3.63) is 28.2 Å². The summed E-state index contributed by atoms with van der Waals surface area (Å²) in [5, 5.41) is 0. The summed E-state index contributed by atoms with van der Waals surface area (Å²) >= 11 is 5.27. The number of hydrogen-bond acceptors (Lipinski definition) is 3. The number of nitrogens with zero attached hydrogens (tertiary/aromatic N) is 1. The Hall–Kier alpha value is -0.0300. The third kappa shape index (κ3) is 3.48. The summed E-state index contributed by atoms with van der Waals surface area (Å²) in [7, 11) is 2.10. The van der Waals surface area contributed by atoms with Crippen molar-refractivity contribution in [2.45, 2.75) is 17.9 Å². The molecule has 0 amide bonds. The van der Waals surface area contributed by atoms with Gasteiger partial charge in [0.25, 0.3) is 0 Å². The van der Waals surface area contributed by atoms with Crippen LogP contribution in [0.25, 0.3) is 0 Å². The number of halogens is 1. The van der Waals surface area contributed by atoms with Crippen LogP contribution in [0.2, 0.25) is 0 Å². The van der Waals surface area contributed by atoms with Crippen molar-refractivity contribution in [3.63, 3.8) is 0 Å². The molecule has 1 aliphatic heterocycles. The van der Waals surface area contributed by atoms with Gasteiger partial charge in [0.2, 0.25) is 0 Å². The fourth-order valence-corrected chi connectivity index (χ4v) is 2.56. The van der Waals surface area contributed by atoms with Gasteiger partial charge < -0.3 is 4.74 Å². The van der Waals surface area contributed by atoms with Crippen LogP contribution in [-0.2, 0) is 4.74 Å². The van der Waals surface area contributed by atoms with Gasteiger partial charge >= 0.3 is 0 Å². The molecule has 82 valence electrons. The largest absolute Gasteiger partial charge is 0.372 e. The van der Waals surface area contributed by atoms with Gasteiger partial charge in [0.05, 0.1) is 12.7 Å². The highest BCUT2D eigenvalue weighted by Crippen LogP contribution is 2.27. The highest BCUT2D eigenvalue weighted by atomic mass is 79.9. The van der Waals surface area contributed by atoms with E-state index in [4.69, 9.17) is 4.74 Å². The molecule has 0 N–H and O–H groups in total. The topological polar surface area (TPSA) is 15.8 Å². The number of aryl methyl sites for hydroxylation is 1. The maximum absolute atomic E-state index is 5.20. The van der Waals surface area contributed by atoms with Gasteiger partial charge in [-0.25, -0.2) is 4.31 Å². The van der Waals surface area contributed by atoms with E-state index in [9.17, 15) is 0 Å². The molecular formula is C11H14BrNOS. The second-order valence-electron chi connectivity index (χ2n) is 3.77. The zero-order chi connectivity index (χ0) is 10.8. The molecule has 1 fully saturated rings. The summed E-state index contributed by atoms with van der Waals surface area (Å²) in [5.41, 5.74) is 1.27. The van der Waals surface area contributed by atoms with Gasteiger partial charge in [-0.3, -0.25) is 0 Å². The fraction of sp³-hybridized carbons (Fsp3) is 0.455. The van der Waals surface area contributed by atoms with E-state index in [0.29, 0.717) is 6.10 Å². The van der Waals surface area contributed by atoms with E-state index < -0.39 is 0 Å². The lowest BCUT2D eigenvalue weighted by atomic mass is 10.2. The van der Waals surface area contributed by atoms with Gasteiger partial charge in [-0.05, 0) is 49.7 Å². The van der Waals surface area contributed by atoms with E-state index in [1.54, 1.807) is 11.9 Å². The first-order chi connectivity index (χ1) is 7.15. The second-order valence-corrected chi connectivity index (χ2v) is 5.90. The average molecular weight is 288 g/mol. The van der Waals surface area contributed by atoms with Crippen LogP contribution in [0.5, 0.6) is 0 Å². The molecule has 0 aliphatic carbocycles. The average Bonchev–Trinajstić information content (AvgIpc) is 2.95. The molecule has 0 radical (unpaired) electrons. The lowest BCUT2D eigenvalue weighted by Gasteiger charge is -2.14. The van der Waals surface area contributed by atoms with Gasteiger partial charge in [-0.2, -0.15) is 0 Å². The Balaban J connectivity index is 1.93. The Labute approximate surface area is 103 Å². The second kappa shape index (κ2) is 4.87. The Morgan fingerprint density at radius 1 is 1.60 bits per heavy atom. The van der Waals surface area contributed by atoms with Gasteiger partial charge in [0, 0.05) is 15.9 Å². The molecule has 0 unspecified atom stereocenters. The molecule has 2 nitrogen and oxygen atoms in total. The van der Waals surface area contributed by atoms with Gasteiger partial charge in [-0.1, -0.05) is 15.9 Å². The van der Waals surface area contributed by atoms with Crippen molar-refractivity contribution >= 4 is 27.9 Å². The molecule has 4 heteroatoms. The minimum absolute atomic E-state index is 0.457. The van der Waals surface area contributed by atoms with Crippen LogP contribution in [0.1, 0.15) is 5.56 Å². The quantitative estimate of drug-likeness (QED) is 0.625. The lowest BCUT2D eigenvalue weighted by Crippen LogP contribution is -2.15. The van der Waals surface area contributed by atoms with Gasteiger partial charge in [0.1, 0.15) is 0 Å². The summed E-state index contributed by atoms with van der Waals surface area (Å²) in [4.78, 5) is 1.28. The smallest absolute Gasteiger partial charge is 0.0945 e. The van der Waals surface area contributed by atoms with E-state index in [2.05, 4.69) is 52.4 Å². The van der Waals surface area contributed by atoms with Crippen LogP contribution in [0.15, 0.2) is 27.6 Å². The van der Waals surface area contributed by atoms with Crippen molar-refractivity contribution in [1.29, 1.82) is 0 Å². The van der Waals surface area contributed by atoms with Gasteiger partial charge in [-0.15, -0.1) is 0 Å². The summed E-state index contributed by atoms with van der Waals surface area (Å²) in [6, 6.07) is 6.42. The van der Waals surface area contributed by atoms with Crippen LogP contribution < -0.4 is 0 Å². The molecule has 1 aromatic rings. The predicted octanol–water partition coefficient (Wildman–Crippen LogP) is 3.10. The Bertz CT molecular complexity index is 354. The van der Waals surface area contributed by atoms with Crippen molar-refractivity contribution in [2.24, 2.45) is 0 Å². The number of ether oxygens (including phenoxy) is 1. The Morgan fingerprint density at radius 2 is 2.33 bits per heavy atom. The monoisotopic (exact) mass is 287 g/mol. The summed E-state index contributed by atoms with van der Waals surface area (Å²) in [6.45, 7) is 4.03. The maximum atomic E-state index is 5.20. The maximum Gasteiger partial charge on any atom is 0.0945 e. The molecule has 2 rings (SSSR count). The van der Waals surface area contributed by atoms with Crippen LogP contribution in [0.4, 0.5) is 0 Å². The number of epoxide rings is 1. The van der Waals surface area contributed by atoms with Crippen LogP contribution in [0, 0.1) is 6.92 Å². The fourth-order valence-electron chi connectivity index (χ4n) is 1.35. The van der Waals surface area contributed by atoms with E-state index in [1.807, 2.05) is 0 Å². The van der Waals surface area contributed by atoms with Crippen molar-refractivity contribution in [1.82, 2.24) is 4.31 Å². The third-order valence-electron chi connectivity index (χ3n) is 2.25. The summed E-state index contributed by atoms with van der Waals surface area (Å²) < 4.78 is 8.59. The zero-order valence-electron chi connectivity index (χ0n) is 8.87. The number of likely N-dealkylation sites (N-methyl/N-ethyl adjacent to an activating group) is 1. The first kappa shape index (κ1) is 11.5. The van der Waals surface area contributed by atoms with Crippen molar-refractivity contribution < 1.29 is 4.74 Å². The van der Waals surface area contributed by atoms with E-state index in [0.717, 1.165) is 13.2 Å². The lowest BCUT2D eigenvalue weighted by molar-refractivity contribution is 0.373. The van der Waals surface area contributed by atoms with E-state index in [1.165, 1.54) is 14.9 Å². The molecular weight excluding hydrogens is 274 g/mol. The molecule has 15 heavy (non-hydrogen) atoms. The Kier molecular flexibility index (Phi) is 3.72. The molecule has 1 atom stereocenters. The molecule has 0 spiro atoms. The minimum atomic E-state index is 0.457. The predicted molar refractivity (Wildman–Crippen MR) is 67.1 cm³/mol. The number of hydrogen-bond donors (Lipinski definition) is 0. The Morgan fingerprint density at radius 3 is 2.93 bits per heavy atom. The molecule has 0 saturated carbocycles. The number of benzene rings is 1. The normalized spacial score (nSPS) is 19.6. The zero-order valence-corrected chi connectivity index (χ0v) is 11.3. The summed E-state index contributed by atoms with van der Waals surface area (Å²) in [6.07, 6.45) is 0.457. The molecule has 1 heterocycles. The van der Waals surface area contributed by atoms with Crippen molar-refractivity contribution in [2.75, 3.05) is 20.2 Å². The molecule has 1 aromatic carbocycles. The van der Waals surface area contributed by atoms with Crippen molar-refractivity contribution in [3.8, 4) is 0 Å². The SMILES string of the molecule is Cc1cc(SN(C)C[C@H]2CO2)ccc1Br. The number of rotatable bonds is 4. The van der Waals surface area contributed by atoms with E-state index >= 15 is 0 Å². The van der Waals surface area contributed by atoms with Crippen LogP contribution in [-0.4, -0.2) is 30.6 Å².